The summed E-state index contributed by atoms with van der Waals surface area (Å²) in [5.41, 5.74) is -3.86. The molecule has 4 atom stereocenters. The van der Waals surface area contributed by atoms with E-state index in [1.165, 1.54) is 0 Å². The molecule has 0 unspecified atom stereocenters. The van der Waals surface area contributed by atoms with Gasteiger partial charge >= 0.3 is 35.8 Å². The molecule has 0 saturated carbocycles. The zero-order valence-corrected chi connectivity index (χ0v) is 39.6. The number of carboxylic acid groups (broad SMARTS) is 6. The third kappa shape index (κ3) is 15.8. The average molecular weight is 1010 g/mol. The first-order chi connectivity index (χ1) is 33.8. The van der Waals surface area contributed by atoms with E-state index in [-0.39, 0.29) is 36.7 Å². The highest BCUT2D eigenvalue weighted by Gasteiger charge is 2.42. The smallest absolute Gasteiger partial charge is 0.336 e. The molecule has 2 saturated heterocycles. The van der Waals surface area contributed by atoms with Gasteiger partial charge in [0, 0.05) is 52.7 Å². The van der Waals surface area contributed by atoms with Gasteiger partial charge in [0.25, 0.3) is 0 Å². The van der Waals surface area contributed by atoms with Crippen LogP contribution in [-0.4, -0.2) is 192 Å². The zero-order valence-electron chi connectivity index (χ0n) is 39.6. The number of carbonyl (C=O) groups excluding carboxylic acids is 2. The average Bonchev–Trinajstić information content (AvgIpc) is 3.99. The Hall–Kier alpha value is -8.50. The van der Waals surface area contributed by atoms with E-state index in [1.807, 2.05) is 50.8 Å². The standard InChI is InChI=1S/2C16H20N6O.2C6H8O7/c2*1-11-5-8-22(14(23)3-6-17)9-13(11)21(2)16-12-4-7-18-15(12)19-10-20-16;2*7-3(8)1-6(13,5(11)12)2-4(9)10/h2*4,7,10-11,13H,3,5,8-9H2,1-2H3,(H,18,19,20);2*13H,1-2H2,(H,7,8)(H,9,10)(H,11,12)/t2*11-,13-;;/m10../s1. The number of amides is 2. The quantitative estimate of drug-likeness (QED) is 0.0734. The molecule has 6 rings (SSSR count). The maximum Gasteiger partial charge on any atom is 0.336 e. The molecular formula is C44H56N12O16. The molecule has 2 amide bonds. The van der Waals surface area contributed by atoms with Gasteiger partial charge in [0.1, 0.15) is 48.4 Å². The fourth-order valence-corrected chi connectivity index (χ4v) is 7.94. The van der Waals surface area contributed by atoms with Gasteiger partial charge in [0.2, 0.25) is 11.8 Å². The van der Waals surface area contributed by atoms with E-state index in [0.717, 1.165) is 59.6 Å². The van der Waals surface area contributed by atoms with Crippen LogP contribution < -0.4 is 9.80 Å². The van der Waals surface area contributed by atoms with Gasteiger partial charge in [-0.05, 0) is 36.8 Å². The first-order valence-corrected chi connectivity index (χ1v) is 21.9. The van der Waals surface area contributed by atoms with Gasteiger partial charge in [-0.2, -0.15) is 10.5 Å². The van der Waals surface area contributed by atoms with Crippen LogP contribution in [0.2, 0.25) is 0 Å². The number of aromatic nitrogens is 6. The highest BCUT2D eigenvalue weighted by atomic mass is 16.4. The van der Waals surface area contributed by atoms with Crippen molar-refractivity contribution in [3.63, 3.8) is 0 Å². The topological polar surface area (TPSA) is 442 Å². The Kier molecular flexibility index (Phi) is 20.8. The highest BCUT2D eigenvalue weighted by molar-refractivity contribution is 5.90. The molecule has 28 heteroatoms. The van der Waals surface area contributed by atoms with Crippen molar-refractivity contribution in [1.82, 2.24) is 39.7 Å². The minimum atomic E-state index is -2.74. The van der Waals surface area contributed by atoms with Crippen molar-refractivity contribution in [3.05, 3.63) is 37.2 Å². The van der Waals surface area contributed by atoms with Crippen molar-refractivity contribution in [3.8, 4) is 12.1 Å². The summed E-state index contributed by atoms with van der Waals surface area (Å²) in [6.07, 6.45) is 3.97. The number of nitrogens with one attached hydrogen (secondary N) is 2. The third-order valence-electron chi connectivity index (χ3n) is 11.9. The summed E-state index contributed by atoms with van der Waals surface area (Å²) in [5.74, 6) is -7.61. The molecule has 388 valence electrons. The van der Waals surface area contributed by atoms with E-state index in [2.05, 4.69) is 53.6 Å². The maximum absolute atomic E-state index is 12.0. The number of rotatable bonds is 16. The number of carbonyl (C=O) groups is 8. The molecule has 0 aliphatic carbocycles. The SMILES string of the molecule is C[C@@H]1CCN(C(=O)CC#N)C[C@H]1N(C)c1ncnc2[nH]ccc12.C[C@H]1CCN(C(=O)CC#N)C[C@@H]1N(C)c1ncnc2[nH]ccc12.O=C(O)CC(O)(CC(=O)O)C(=O)O.O=C(O)CC(O)(CC(=O)O)C(=O)O. The van der Waals surface area contributed by atoms with Crippen molar-refractivity contribution in [2.75, 3.05) is 50.1 Å². The number of aliphatic hydroxyl groups is 2. The molecule has 72 heavy (non-hydrogen) atoms. The number of anilines is 2. The molecule has 4 aromatic heterocycles. The van der Waals surface area contributed by atoms with Crippen LogP contribution in [0.4, 0.5) is 11.6 Å². The van der Waals surface area contributed by atoms with E-state index < -0.39 is 72.7 Å². The van der Waals surface area contributed by atoms with Crippen LogP contribution >= 0.6 is 0 Å². The van der Waals surface area contributed by atoms with Crippen molar-refractivity contribution in [2.24, 2.45) is 11.8 Å². The number of fused-ring (bicyclic) bond motifs is 2. The normalized spacial score (nSPS) is 17.4. The molecule has 0 spiro atoms. The lowest BCUT2D eigenvalue weighted by Gasteiger charge is -2.42. The fourth-order valence-electron chi connectivity index (χ4n) is 7.94. The van der Waals surface area contributed by atoms with Gasteiger partial charge in [-0.15, -0.1) is 0 Å². The number of nitriles is 2. The van der Waals surface area contributed by atoms with Crippen LogP contribution in [-0.2, 0) is 38.4 Å². The highest BCUT2D eigenvalue weighted by Crippen LogP contribution is 2.30. The van der Waals surface area contributed by atoms with Crippen molar-refractivity contribution < 1.29 is 79.2 Å². The number of H-pyrrole nitrogens is 2. The number of hydrogen-bond acceptors (Lipinski definition) is 18. The van der Waals surface area contributed by atoms with E-state index in [0.29, 0.717) is 24.9 Å². The molecule has 2 fully saturated rings. The Morgan fingerprint density at radius 1 is 0.611 bits per heavy atom. The van der Waals surface area contributed by atoms with Crippen LogP contribution in [0.3, 0.4) is 0 Å². The van der Waals surface area contributed by atoms with Gasteiger partial charge < -0.3 is 70.4 Å². The monoisotopic (exact) mass is 1010 g/mol. The summed E-state index contributed by atoms with van der Waals surface area (Å²) in [6.45, 7) is 7.07. The Morgan fingerprint density at radius 2 is 0.931 bits per heavy atom. The fraction of sp³-hybridized carbons (Fsp3) is 0.500. The predicted molar refractivity (Wildman–Crippen MR) is 248 cm³/mol. The molecule has 0 aromatic carbocycles. The van der Waals surface area contributed by atoms with Crippen molar-refractivity contribution in [1.29, 1.82) is 10.5 Å². The Morgan fingerprint density at radius 3 is 1.21 bits per heavy atom. The molecule has 0 radical (unpaired) electrons. The maximum atomic E-state index is 12.0. The molecule has 2 aliphatic rings. The number of piperidine rings is 2. The zero-order chi connectivity index (χ0) is 54.1. The Bertz CT molecular complexity index is 2470. The Labute approximate surface area is 409 Å². The first kappa shape index (κ1) is 57.8. The summed E-state index contributed by atoms with van der Waals surface area (Å²) in [7, 11) is 4.02. The second-order valence-electron chi connectivity index (χ2n) is 17.1. The summed E-state index contributed by atoms with van der Waals surface area (Å²) >= 11 is 0. The summed E-state index contributed by atoms with van der Waals surface area (Å²) < 4.78 is 0. The van der Waals surface area contributed by atoms with E-state index in [1.54, 1.807) is 22.5 Å². The molecule has 2 aliphatic heterocycles. The minimum Gasteiger partial charge on any atom is -0.481 e. The second kappa shape index (κ2) is 25.9. The molecule has 6 heterocycles. The lowest BCUT2D eigenvalue weighted by atomic mass is 9.92. The van der Waals surface area contributed by atoms with E-state index in [4.69, 9.17) is 51.4 Å². The van der Waals surface area contributed by atoms with E-state index >= 15 is 0 Å². The summed E-state index contributed by atoms with van der Waals surface area (Å²) in [6, 6.07) is 8.15. The van der Waals surface area contributed by atoms with Gasteiger partial charge in [-0.3, -0.25) is 28.8 Å². The van der Waals surface area contributed by atoms with Crippen LogP contribution in [0.1, 0.15) is 65.2 Å². The van der Waals surface area contributed by atoms with Crippen LogP contribution in [0, 0.1) is 34.5 Å². The number of aliphatic carboxylic acids is 6. The lowest BCUT2D eigenvalue weighted by molar-refractivity contribution is -0.170. The number of likely N-dealkylation sites (tertiary alicyclic amines) is 2. The third-order valence-corrected chi connectivity index (χ3v) is 11.9. The van der Waals surface area contributed by atoms with Crippen LogP contribution in [0.15, 0.2) is 37.2 Å². The number of carboxylic acids is 6. The molecule has 4 aromatic rings. The number of likely N-dealkylation sites (N-methyl/N-ethyl adjacent to an activating group) is 2. The van der Waals surface area contributed by atoms with Gasteiger partial charge in [-0.1, -0.05) is 13.8 Å². The number of nitrogens with zero attached hydrogens (tertiary/aromatic N) is 10. The lowest BCUT2D eigenvalue weighted by Crippen LogP contribution is -2.52. The van der Waals surface area contributed by atoms with Gasteiger partial charge in [0.05, 0.1) is 60.7 Å². The first-order valence-electron chi connectivity index (χ1n) is 21.9. The van der Waals surface area contributed by atoms with Crippen molar-refractivity contribution >= 4 is 81.3 Å². The van der Waals surface area contributed by atoms with E-state index in [9.17, 15) is 38.4 Å². The van der Waals surface area contributed by atoms with Gasteiger partial charge in [-0.25, -0.2) is 29.5 Å². The molecular weight excluding hydrogens is 953 g/mol. The minimum absolute atomic E-state index is 0.0552. The largest absolute Gasteiger partial charge is 0.481 e. The molecule has 0 bridgehead atoms. The molecule has 10 N–H and O–H groups in total. The predicted octanol–water partition coefficient (Wildman–Crippen LogP) is 0.593. The number of aromatic amines is 2. The van der Waals surface area contributed by atoms with Crippen molar-refractivity contribution in [2.45, 2.75) is 88.5 Å². The summed E-state index contributed by atoms with van der Waals surface area (Å²) in [4.78, 5) is 116. The summed E-state index contributed by atoms with van der Waals surface area (Å²) in [5, 5.41) is 87.0. The van der Waals surface area contributed by atoms with Gasteiger partial charge in [0.15, 0.2) is 11.2 Å². The van der Waals surface area contributed by atoms with Crippen LogP contribution in [0.25, 0.3) is 22.1 Å². The van der Waals surface area contributed by atoms with Crippen LogP contribution in [0.5, 0.6) is 0 Å². The second-order valence-corrected chi connectivity index (χ2v) is 17.1. The molecule has 28 nitrogen and oxygen atoms in total. The Balaban J connectivity index is 0.000000264. The number of hydrogen-bond donors (Lipinski definition) is 10.